The van der Waals surface area contributed by atoms with E-state index in [1.54, 1.807) is 0 Å². The largest absolute Gasteiger partial charge is 0.308 e. The average molecular weight is 348 g/mol. The van der Waals surface area contributed by atoms with Crippen molar-refractivity contribution in [2.75, 3.05) is 0 Å². The van der Waals surface area contributed by atoms with Crippen molar-refractivity contribution in [1.29, 1.82) is 0 Å². The van der Waals surface area contributed by atoms with Crippen LogP contribution in [0.15, 0.2) is 89.4 Å². The Morgan fingerprint density at radius 1 is 0.636 bits per heavy atom. The molecule has 0 atom stereocenters. The number of hydrogen-bond donors (Lipinski definition) is 0. The molecule has 2 heteroatoms. The summed E-state index contributed by atoms with van der Waals surface area (Å²) in [5, 5.41) is 1.23. The third-order valence-electron chi connectivity index (χ3n) is 3.87. The van der Waals surface area contributed by atoms with Gasteiger partial charge in [0.15, 0.2) is 0 Å². The van der Waals surface area contributed by atoms with E-state index in [4.69, 9.17) is 0 Å². The molecular formula is C20H14BrN. The molecule has 0 aliphatic rings. The first kappa shape index (κ1) is 13.4. The highest BCUT2D eigenvalue weighted by Crippen LogP contribution is 2.39. The van der Waals surface area contributed by atoms with Crippen LogP contribution in [-0.2, 0) is 0 Å². The molecule has 0 unspecified atom stereocenters. The van der Waals surface area contributed by atoms with Crippen molar-refractivity contribution in [3.8, 4) is 16.9 Å². The maximum atomic E-state index is 3.82. The van der Waals surface area contributed by atoms with Gasteiger partial charge in [-0.25, -0.2) is 0 Å². The minimum atomic E-state index is 1.14. The van der Waals surface area contributed by atoms with Crippen LogP contribution in [-0.4, -0.2) is 4.57 Å². The first-order valence-electron chi connectivity index (χ1n) is 7.26. The van der Waals surface area contributed by atoms with Gasteiger partial charge >= 0.3 is 0 Å². The van der Waals surface area contributed by atoms with Gasteiger partial charge in [-0.15, -0.1) is 0 Å². The Morgan fingerprint density at radius 3 is 1.95 bits per heavy atom. The normalized spacial score (nSPS) is 11.0. The van der Waals surface area contributed by atoms with Crippen molar-refractivity contribution in [1.82, 2.24) is 4.57 Å². The van der Waals surface area contributed by atoms with E-state index < -0.39 is 0 Å². The fourth-order valence-corrected chi connectivity index (χ4v) is 3.64. The van der Waals surface area contributed by atoms with E-state index in [9.17, 15) is 0 Å². The minimum Gasteiger partial charge on any atom is -0.308 e. The summed E-state index contributed by atoms with van der Waals surface area (Å²) in [4.78, 5) is 0. The van der Waals surface area contributed by atoms with Crippen LogP contribution >= 0.6 is 15.9 Å². The van der Waals surface area contributed by atoms with Gasteiger partial charge in [-0.3, -0.25) is 0 Å². The minimum absolute atomic E-state index is 1.14. The molecule has 0 fully saturated rings. The highest BCUT2D eigenvalue weighted by molar-refractivity contribution is 9.10. The zero-order chi connectivity index (χ0) is 14.9. The van der Waals surface area contributed by atoms with E-state index >= 15 is 0 Å². The van der Waals surface area contributed by atoms with E-state index in [-0.39, 0.29) is 0 Å². The van der Waals surface area contributed by atoms with Gasteiger partial charge < -0.3 is 4.57 Å². The summed E-state index contributed by atoms with van der Waals surface area (Å²) < 4.78 is 3.45. The highest BCUT2D eigenvalue weighted by Gasteiger charge is 2.17. The van der Waals surface area contributed by atoms with E-state index in [0.29, 0.717) is 0 Å². The summed E-state index contributed by atoms with van der Waals surface area (Å²) in [7, 11) is 0. The van der Waals surface area contributed by atoms with Crippen molar-refractivity contribution in [3.63, 3.8) is 0 Å². The van der Waals surface area contributed by atoms with Crippen molar-refractivity contribution in [2.24, 2.45) is 0 Å². The van der Waals surface area contributed by atoms with Crippen LogP contribution in [0.2, 0.25) is 0 Å². The Morgan fingerprint density at radius 2 is 1.23 bits per heavy atom. The quantitative estimate of drug-likeness (QED) is 0.415. The Kier molecular flexibility index (Phi) is 3.32. The van der Waals surface area contributed by atoms with Crippen LogP contribution in [0.5, 0.6) is 0 Å². The number of benzene rings is 3. The van der Waals surface area contributed by atoms with Gasteiger partial charge in [0.25, 0.3) is 0 Å². The summed E-state index contributed by atoms with van der Waals surface area (Å²) in [5.41, 5.74) is 4.77. The van der Waals surface area contributed by atoms with Gasteiger partial charge in [-0.1, -0.05) is 66.7 Å². The van der Waals surface area contributed by atoms with E-state index in [1.165, 1.54) is 27.8 Å². The number of halogens is 1. The van der Waals surface area contributed by atoms with Crippen LogP contribution in [0, 0.1) is 0 Å². The molecule has 0 spiro atoms. The Labute approximate surface area is 138 Å². The fraction of sp³-hybridized carbons (Fsp3) is 0. The third-order valence-corrected chi connectivity index (χ3v) is 4.68. The molecule has 0 aliphatic carbocycles. The van der Waals surface area contributed by atoms with Crippen LogP contribution in [0.1, 0.15) is 0 Å². The second-order valence-corrected chi connectivity index (χ2v) is 6.01. The number of para-hydroxylation sites is 2. The average Bonchev–Trinajstić information content (AvgIpc) is 2.90. The highest BCUT2D eigenvalue weighted by atomic mass is 79.9. The number of fused-ring (bicyclic) bond motifs is 1. The van der Waals surface area contributed by atoms with Crippen molar-refractivity contribution in [3.05, 3.63) is 89.4 Å². The predicted molar refractivity (Wildman–Crippen MR) is 96.4 cm³/mol. The molecule has 0 saturated carbocycles. The summed E-state index contributed by atoms with van der Waals surface area (Å²) in [5.74, 6) is 0. The molecule has 1 heterocycles. The summed E-state index contributed by atoms with van der Waals surface area (Å²) in [6, 6.07) is 29.5. The third kappa shape index (κ3) is 2.08. The lowest BCUT2D eigenvalue weighted by Gasteiger charge is -2.11. The van der Waals surface area contributed by atoms with E-state index in [0.717, 1.165) is 4.47 Å². The summed E-state index contributed by atoms with van der Waals surface area (Å²) in [6.07, 6.45) is 0. The molecule has 0 amide bonds. The lowest BCUT2D eigenvalue weighted by molar-refractivity contribution is 1.13. The van der Waals surface area contributed by atoms with Gasteiger partial charge in [-0.2, -0.15) is 0 Å². The van der Waals surface area contributed by atoms with E-state index in [2.05, 4.69) is 93.3 Å². The molecule has 0 radical (unpaired) electrons. The van der Waals surface area contributed by atoms with Crippen molar-refractivity contribution in [2.45, 2.75) is 0 Å². The molecule has 4 aromatic rings. The van der Waals surface area contributed by atoms with Crippen molar-refractivity contribution >= 4 is 26.8 Å². The zero-order valence-corrected chi connectivity index (χ0v) is 13.5. The number of nitrogens with zero attached hydrogens (tertiary/aromatic N) is 1. The Balaban J connectivity index is 2.14. The van der Waals surface area contributed by atoms with Gasteiger partial charge in [0, 0.05) is 11.1 Å². The molecule has 4 rings (SSSR count). The van der Waals surface area contributed by atoms with E-state index in [1.807, 2.05) is 12.1 Å². The van der Waals surface area contributed by atoms with Gasteiger partial charge in [0.1, 0.15) is 0 Å². The Bertz CT molecular complexity index is 924. The fourth-order valence-electron chi connectivity index (χ4n) is 2.90. The van der Waals surface area contributed by atoms with Crippen LogP contribution in [0.25, 0.3) is 27.8 Å². The zero-order valence-electron chi connectivity index (χ0n) is 11.9. The molecule has 3 aromatic carbocycles. The van der Waals surface area contributed by atoms with Gasteiger partial charge in [-0.05, 0) is 39.7 Å². The maximum Gasteiger partial charge on any atom is 0.0683 e. The molecular weight excluding hydrogens is 334 g/mol. The van der Waals surface area contributed by atoms with Crippen molar-refractivity contribution < 1.29 is 0 Å². The monoisotopic (exact) mass is 347 g/mol. The maximum absolute atomic E-state index is 3.82. The molecule has 106 valence electrons. The SMILES string of the molecule is Brc1c(-c2ccccc2)n(-c2ccccc2)c2ccccc12. The molecule has 0 aliphatic heterocycles. The number of hydrogen-bond acceptors (Lipinski definition) is 0. The smallest absolute Gasteiger partial charge is 0.0683 e. The lowest BCUT2D eigenvalue weighted by atomic mass is 10.1. The lowest BCUT2D eigenvalue weighted by Crippen LogP contribution is -1.96. The summed E-state index contributed by atoms with van der Waals surface area (Å²) >= 11 is 3.82. The standard InChI is InChI=1S/C20H14BrN/c21-19-17-13-7-8-14-18(17)22(16-11-5-2-6-12-16)20(19)15-9-3-1-4-10-15/h1-14H. The second kappa shape index (κ2) is 5.47. The molecule has 0 bridgehead atoms. The van der Waals surface area contributed by atoms with Crippen LogP contribution in [0.3, 0.4) is 0 Å². The first-order valence-corrected chi connectivity index (χ1v) is 8.05. The number of rotatable bonds is 2. The van der Waals surface area contributed by atoms with Crippen LogP contribution in [0.4, 0.5) is 0 Å². The summed E-state index contributed by atoms with van der Waals surface area (Å²) in [6.45, 7) is 0. The molecule has 0 N–H and O–H groups in total. The first-order chi connectivity index (χ1) is 10.9. The number of aromatic nitrogens is 1. The second-order valence-electron chi connectivity index (χ2n) is 5.22. The van der Waals surface area contributed by atoms with Gasteiger partial charge in [0.05, 0.1) is 15.7 Å². The molecule has 22 heavy (non-hydrogen) atoms. The molecule has 0 saturated heterocycles. The molecule has 1 aromatic heterocycles. The van der Waals surface area contributed by atoms with Gasteiger partial charge in [0.2, 0.25) is 0 Å². The van der Waals surface area contributed by atoms with Crippen LogP contribution < -0.4 is 0 Å². The molecule has 1 nitrogen and oxygen atoms in total. The Hall–Kier alpha value is -2.32. The topological polar surface area (TPSA) is 4.93 Å². The predicted octanol–water partition coefficient (Wildman–Crippen LogP) is 6.06.